The average Bonchev–Trinajstić information content (AvgIpc) is 2.11. The van der Waals surface area contributed by atoms with Crippen LogP contribution in [0.1, 0.15) is 31.9 Å². The molecule has 1 rings (SSSR count). The molecule has 0 unspecified atom stereocenters. The highest BCUT2D eigenvalue weighted by Gasteiger charge is 1.95. The molecule has 1 heterocycles. The van der Waals surface area contributed by atoms with Crippen LogP contribution in [-0.2, 0) is 0 Å². The van der Waals surface area contributed by atoms with Gasteiger partial charge in [-0.25, -0.2) is 4.98 Å². The largest absolute Gasteiger partial charge is 0.356 e. The second-order valence-electron chi connectivity index (χ2n) is 3.37. The summed E-state index contributed by atoms with van der Waals surface area (Å²) in [5.74, 6) is 0.575. The molecule has 1 aromatic heterocycles. The van der Waals surface area contributed by atoms with E-state index in [1.807, 2.05) is 6.92 Å². The summed E-state index contributed by atoms with van der Waals surface area (Å²) in [6, 6.07) is 1.48. The number of aromatic amines is 1. The van der Waals surface area contributed by atoms with Crippen LogP contribution in [0.4, 0.5) is 5.95 Å². The molecule has 0 amide bonds. The van der Waals surface area contributed by atoms with Crippen LogP contribution in [0, 0.1) is 6.92 Å². The number of hydrogen-bond acceptors (Lipinski definition) is 3. The van der Waals surface area contributed by atoms with Crippen molar-refractivity contribution in [2.24, 2.45) is 0 Å². The molecule has 0 spiro atoms. The van der Waals surface area contributed by atoms with Gasteiger partial charge in [-0.2, -0.15) is 0 Å². The molecule has 0 aromatic carbocycles. The number of aryl methyl sites for hydroxylation is 1. The van der Waals surface area contributed by atoms with E-state index in [0.717, 1.165) is 18.7 Å². The van der Waals surface area contributed by atoms with Crippen molar-refractivity contribution in [1.82, 2.24) is 9.97 Å². The lowest BCUT2D eigenvalue weighted by Gasteiger charge is -2.04. The summed E-state index contributed by atoms with van der Waals surface area (Å²) < 4.78 is 0. The Hall–Kier alpha value is -1.32. The Kier molecular flexibility index (Phi) is 4.16. The molecule has 2 N–H and O–H groups in total. The second kappa shape index (κ2) is 5.42. The van der Waals surface area contributed by atoms with Gasteiger partial charge in [0, 0.05) is 18.3 Å². The fourth-order valence-corrected chi connectivity index (χ4v) is 1.24. The minimum atomic E-state index is -0.101. The number of H-pyrrole nitrogens is 1. The van der Waals surface area contributed by atoms with Gasteiger partial charge in [0.2, 0.25) is 5.95 Å². The molecule has 1 aromatic rings. The van der Waals surface area contributed by atoms with Gasteiger partial charge in [0.15, 0.2) is 0 Å². The first-order valence-electron chi connectivity index (χ1n) is 5.04. The molecule has 0 radical (unpaired) electrons. The molecule has 0 saturated carbocycles. The van der Waals surface area contributed by atoms with Crippen molar-refractivity contribution in [2.75, 3.05) is 11.9 Å². The number of unbranched alkanes of at least 4 members (excludes halogenated alkanes) is 2. The van der Waals surface area contributed by atoms with Crippen LogP contribution in [0.2, 0.25) is 0 Å². The van der Waals surface area contributed by atoms with Crippen LogP contribution in [0.15, 0.2) is 10.9 Å². The van der Waals surface area contributed by atoms with Gasteiger partial charge in [0.05, 0.1) is 0 Å². The van der Waals surface area contributed by atoms with Crippen LogP contribution in [0.25, 0.3) is 0 Å². The highest BCUT2D eigenvalue weighted by atomic mass is 16.1. The van der Waals surface area contributed by atoms with E-state index in [2.05, 4.69) is 22.2 Å². The van der Waals surface area contributed by atoms with Crippen molar-refractivity contribution < 1.29 is 0 Å². The predicted octanol–water partition coefficient (Wildman–Crippen LogP) is 1.68. The molecule has 0 bridgehead atoms. The standard InChI is InChI=1S/C10H17N3O/c1-3-4-5-6-11-10-12-8(2)7-9(14)13-10/h7H,3-6H2,1-2H3,(H2,11,12,13,14). The number of nitrogens with one attached hydrogen (secondary N) is 2. The van der Waals surface area contributed by atoms with E-state index >= 15 is 0 Å². The van der Waals surface area contributed by atoms with E-state index in [0.29, 0.717) is 5.95 Å². The minimum Gasteiger partial charge on any atom is -0.356 e. The van der Waals surface area contributed by atoms with Gasteiger partial charge in [-0.3, -0.25) is 9.78 Å². The molecular weight excluding hydrogens is 178 g/mol. The van der Waals surface area contributed by atoms with Gasteiger partial charge < -0.3 is 5.32 Å². The number of rotatable bonds is 5. The van der Waals surface area contributed by atoms with Crippen LogP contribution in [0.3, 0.4) is 0 Å². The number of aromatic nitrogens is 2. The normalized spacial score (nSPS) is 10.1. The third kappa shape index (κ3) is 3.60. The zero-order chi connectivity index (χ0) is 10.4. The lowest BCUT2D eigenvalue weighted by Crippen LogP contribution is -2.13. The third-order valence-electron chi connectivity index (χ3n) is 1.94. The van der Waals surface area contributed by atoms with E-state index in [9.17, 15) is 4.79 Å². The summed E-state index contributed by atoms with van der Waals surface area (Å²) in [4.78, 5) is 17.9. The molecule has 14 heavy (non-hydrogen) atoms. The van der Waals surface area contributed by atoms with Crippen LogP contribution in [-0.4, -0.2) is 16.5 Å². The van der Waals surface area contributed by atoms with Gasteiger partial charge in [-0.05, 0) is 13.3 Å². The lowest BCUT2D eigenvalue weighted by atomic mass is 10.2. The molecule has 4 heteroatoms. The summed E-state index contributed by atoms with van der Waals surface area (Å²) in [6.07, 6.45) is 3.50. The zero-order valence-electron chi connectivity index (χ0n) is 8.76. The van der Waals surface area contributed by atoms with Crippen molar-refractivity contribution in [3.63, 3.8) is 0 Å². The Morgan fingerprint density at radius 2 is 2.29 bits per heavy atom. The summed E-state index contributed by atoms with van der Waals surface area (Å²) >= 11 is 0. The summed E-state index contributed by atoms with van der Waals surface area (Å²) in [6.45, 7) is 4.83. The lowest BCUT2D eigenvalue weighted by molar-refractivity contribution is 0.739. The summed E-state index contributed by atoms with van der Waals surface area (Å²) in [5.41, 5.74) is 0.641. The van der Waals surface area contributed by atoms with Gasteiger partial charge in [0.25, 0.3) is 5.56 Å². The van der Waals surface area contributed by atoms with Gasteiger partial charge in [0.1, 0.15) is 0 Å². The maximum atomic E-state index is 11.1. The van der Waals surface area contributed by atoms with E-state index in [-0.39, 0.29) is 5.56 Å². The number of anilines is 1. The second-order valence-corrected chi connectivity index (χ2v) is 3.37. The fourth-order valence-electron chi connectivity index (χ4n) is 1.24. The molecular formula is C10H17N3O. The molecule has 0 fully saturated rings. The fraction of sp³-hybridized carbons (Fsp3) is 0.600. The number of nitrogens with zero attached hydrogens (tertiary/aromatic N) is 1. The first-order valence-corrected chi connectivity index (χ1v) is 5.04. The highest BCUT2D eigenvalue weighted by molar-refractivity contribution is 5.24. The van der Waals surface area contributed by atoms with Crippen molar-refractivity contribution in [2.45, 2.75) is 33.1 Å². The summed E-state index contributed by atoms with van der Waals surface area (Å²) in [7, 11) is 0. The monoisotopic (exact) mass is 195 g/mol. The zero-order valence-corrected chi connectivity index (χ0v) is 8.76. The topological polar surface area (TPSA) is 57.8 Å². The van der Waals surface area contributed by atoms with Crippen molar-refractivity contribution in [3.05, 3.63) is 22.1 Å². The van der Waals surface area contributed by atoms with Crippen molar-refractivity contribution >= 4 is 5.95 Å². The Bertz CT molecular complexity index is 332. The van der Waals surface area contributed by atoms with Gasteiger partial charge >= 0.3 is 0 Å². The smallest absolute Gasteiger partial charge is 0.252 e. The van der Waals surface area contributed by atoms with E-state index < -0.39 is 0 Å². The molecule has 78 valence electrons. The van der Waals surface area contributed by atoms with Crippen molar-refractivity contribution in [1.29, 1.82) is 0 Å². The Labute approximate surface area is 83.8 Å². The van der Waals surface area contributed by atoms with Gasteiger partial charge in [-0.1, -0.05) is 19.8 Å². The van der Waals surface area contributed by atoms with E-state index in [4.69, 9.17) is 0 Å². The van der Waals surface area contributed by atoms with Crippen LogP contribution < -0.4 is 10.9 Å². The molecule has 0 aliphatic rings. The maximum absolute atomic E-state index is 11.1. The highest BCUT2D eigenvalue weighted by Crippen LogP contribution is 1.98. The number of hydrogen-bond donors (Lipinski definition) is 2. The predicted molar refractivity (Wildman–Crippen MR) is 57.6 cm³/mol. The van der Waals surface area contributed by atoms with Crippen molar-refractivity contribution in [3.8, 4) is 0 Å². The molecule has 0 aliphatic carbocycles. The van der Waals surface area contributed by atoms with Crippen LogP contribution >= 0.6 is 0 Å². The molecule has 0 atom stereocenters. The Morgan fingerprint density at radius 1 is 1.50 bits per heavy atom. The third-order valence-corrected chi connectivity index (χ3v) is 1.94. The minimum absolute atomic E-state index is 0.101. The molecule has 0 saturated heterocycles. The first-order chi connectivity index (χ1) is 6.72. The Balaban J connectivity index is 2.46. The Morgan fingerprint density at radius 3 is 2.93 bits per heavy atom. The quantitative estimate of drug-likeness (QED) is 0.703. The SMILES string of the molecule is CCCCCNc1nc(C)cc(=O)[nH]1. The van der Waals surface area contributed by atoms with E-state index in [1.54, 1.807) is 0 Å². The van der Waals surface area contributed by atoms with Crippen LogP contribution in [0.5, 0.6) is 0 Å². The summed E-state index contributed by atoms with van der Waals surface area (Å²) in [5, 5.41) is 3.09. The first kappa shape index (κ1) is 10.8. The van der Waals surface area contributed by atoms with E-state index in [1.165, 1.54) is 18.9 Å². The van der Waals surface area contributed by atoms with Gasteiger partial charge in [-0.15, -0.1) is 0 Å². The molecule has 4 nitrogen and oxygen atoms in total. The average molecular weight is 195 g/mol. The molecule has 0 aliphatic heterocycles. The maximum Gasteiger partial charge on any atom is 0.252 e.